The van der Waals surface area contributed by atoms with Gasteiger partial charge in [-0.05, 0) is 49.6 Å². The average Bonchev–Trinajstić information content (AvgIpc) is 3.14. The minimum Gasteiger partial charge on any atom is -0.497 e. The third kappa shape index (κ3) is 5.29. The van der Waals surface area contributed by atoms with Gasteiger partial charge in [-0.25, -0.2) is 0 Å². The number of benzene rings is 1. The third-order valence-electron chi connectivity index (χ3n) is 4.74. The Kier molecular flexibility index (Phi) is 6.45. The summed E-state index contributed by atoms with van der Waals surface area (Å²) in [7, 11) is 1.64. The predicted molar refractivity (Wildman–Crippen MR) is 102 cm³/mol. The van der Waals surface area contributed by atoms with Crippen LogP contribution in [0.15, 0.2) is 28.8 Å². The van der Waals surface area contributed by atoms with Crippen molar-refractivity contribution in [3.63, 3.8) is 0 Å². The van der Waals surface area contributed by atoms with Gasteiger partial charge in [-0.3, -0.25) is 9.69 Å². The van der Waals surface area contributed by atoms with Crippen LogP contribution in [0.5, 0.6) is 5.75 Å². The second kappa shape index (κ2) is 8.99. The summed E-state index contributed by atoms with van der Waals surface area (Å²) in [5.74, 6) is 2.57. The number of likely N-dealkylation sites (tertiary alicyclic amines) is 1. The minimum absolute atomic E-state index is 0.0291. The first kappa shape index (κ1) is 19.4. The van der Waals surface area contributed by atoms with E-state index in [4.69, 9.17) is 9.26 Å². The molecule has 0 radical (unpaired) electrons. The molecule has 1 atom stereocenters. The molecule has 2 aromatic rings. The normalized spacial score (nSPS) is 17.9. The fraction of sp³-hybridized carbons (Fsp3) is 0.550. The van der Waals surface area contributed by atoms with Crippen molar-refractivity contribution in [3.8, 4) is 17.1 Å². The Morgan fingerprint density at radius 1 is 1.37 bits per heavy atom. The van der Waals surface area contributed by atoms with E-state index in [1.165, 1.54) is 0 Å². The lowest BCUT2D eigenvalue weighted by Gasteiger charge is -2.31. The molecule has 1 aromatic heterocycles. The summed E-state index contributed by atoms with van der Waals surface area (Å²) >= 11 is 0. The maximum Gasteiger partial charge on any atom is 0.241 e. The number of rotatable bonds is 7. The van der Waals surface area contributed by atoms with Crippen LogP contribution in [-0.4, -0.2) is 47.7 Å². The molecular weight excluding hydrogens is 344 g/mol. The number of carbonyl (C=O) groups excluding carboxylic acids is 1. The zero-order valence-corrected chi connectivity index (χ0v) is 16.3. The van der Waals surface area contributed by atoms with Crippen LogP contribution in [0.1, 0.15) is 32.6 Å². The van der Waals surface area contributed by atoms with E-state index in [0.29, 0.717) is 24.2 Å². The van der Waals surface area contributed by atoms with E-state index in [9.17, 15) is 4.79 Å². The van der Waals surface area contributed by atoms with Gasteiger partial charge >= 0.3 is 0 Å². The molecule has 0 bridgehead atoms. The first-order valence-electron chi connectivity index (χ1n) is 9.52. The predicted octanol–water partition coefficient (Wildman–Crippen LogP) is 2.73. The quantitative estimate of drug-likeness (QED) is 0.805. The molecule has 146 valence electrons. The van der Waals surface area contributed by atoms with Crippen molar-refractivity contribution in [1.82, 2.24) is 20.4 Å². The number of nitrogens with one attached hydrogen (secondary N) is 1. The Morgan fingerprint density at radius 3 is 2.85 bits per heavy atom. The number of aromatic nitrogens is 2. The van der Waals surface area contributed by atoms with Gasteiger partial charge in [0.25, 0.3) is 0 Å². The molecule has 0 spiro atoms. The molecule has 27 heavy (non-hydrogen) atoms. The van der Waals surface area contributed by atoms with E-state index in [0.717, 1.165) is 43.8 Å². The van der Waals surface area contributed by atoms with Crippen LogP contribution in [0.2, 0.25) is 0 Å². The van der Waals surface area contributed by atoms with Crippen LogP contribution in [0, 0.1) is 11.8 Å². The van der Waals surface area contributed by atoms with Crippen molar-refractivity contribution >= 4 is 5.91 Å². The van der Waals surface area contributed by atoms with Crippen LogP contribution in [0.3, 0.4) is 0 Å². The summed E-state index contributed by atoms with van der Waals surface area (Å²) in [6.45, 7) is 7.16. The highest BCUT2D eigenvalue weighted by molar-refractivity contribution is 5.78. The van der Waals surface area contributed by atoms with Gasteiger partial charge in [0.05, 0.1) is 19.6 Å². The molecule has 3 rings (SSSR count). The SMILES string of the molecule is COc1ccc(-c2noc(CN3CCCC(C(=O)NCC(C)C)C3)n2)cc1. The van der Waals surface area contributed by atoms with Crippen LogP contribution in [0.25, 0.3) is 11.4 Å². The van der Waals surface area contributed by atoms with E-state index in [1.807, 2.05) is 24.3 Å². The number of carbonyl (C=O) groups is 1. The van der Waals surface area contributed by atoms with Crippen LogP contribution in [-0.2, 0) is 11.3 Å². The van der Waals surface area contributed by atoms with Gasteiger partial charge in [0.1, 0.15) is 5.75 Å². The number of piperidine rings is 1. The maximum atomic E-state index is 12.3. The molecule has 1 fully saturated rings. The van der Waals surface area contributed by atoms with Crippen molar-refractivity contribution in [2.24, 2.45) is 11.8 Å². The highest BCUT2D eigenvalue weighted by atomic mass is 16.5. The Labute approximate surface area is 160 Å². The van der Waals surface area contributed by atoms with E-state index in [2.05, 4.69) is 34.2 Å². The molecule has 1 aliphatic rings. The van der Waals surface area contributed by atoms with Gasteiger partial charge < -0.3 is 14.6 Å². The number of methoxy groups -OCH3 is 1. The number of nitrogens with zero attached hydrogens (tertiary/aromatic N) is 3. The molecular formula is C20H28N4O3. The Balaban J connectivity index is 1.57. The van der Waals surface area contributed by atoms with Gasteiger partial charge in [0.15, 0.2) is 0 Å². The second-order valence-corrected chi connectivity index (χ2v) is 7.45. The van der Waals surface area contributed by atoms with E-state index < -0.39 is 0 Å². The molecule has 1 amide bonds. The highest BCUT2D eigenvalue weighted by Gasteiger charge is 2.26. The monoisotopic (exact) mass is 372 g/mol. The summed E-state index contributed by atoms with van der Waals surface area (Å²) in [6.07, 6.45) is 1.93. The minimum atomic E-state index is 0.0291. The molecule has 1 saturated heterocycles. The summed E-state index contributed by atoms with van der Waals surface area (Å²) in [4.78, 5) is 19.1. The standard InChI is InChI=1S/C20H28N4O3/c1-14(2)11-21-20(25)16-5-4-10-24(12-16)13-18-22-19(23-27-18)15-6-8-17(26-3)9-7-15/h6-9,14,16H,4-5,10-13H2,1-3H3,(H,21,25). The number of hydrogen-bond acceptors (Lipinski definition) is 6. The number of hydrogen-bond donors (Lipinski definition) is 1. The summed E-state index contributed by atoms with van der Waals surface area (Å²) < 4.78 is 10.6. The second-order valence-electron chi connectivity index (χ2n) is 7.45. The lowest BCUT2D eigenvalue weighted by atomic mass is 9.97. The van der Waals surface area contributed by atoms with Gasteiger partial charge in [-0.15, -0.1) is 0 Å². The Hall–Kier alpha value is -2.41. The zero-order valence-electron chi connectivity index (χ0n) is 16.3. The van der Waals surface area contributed by atoms with Crippen LogP contribution >= 0.6 is 0 Å². The Bertz CT molecular complexity index is 742. The van der Waals surface area contributed by atoms with E-state index in [1.54, 1.807) is 7.11 Å². The van der Waals surface area contributed by atoms with Gasteiger partial charge in [-0.2, -0.15) is 4.98 Å². The lowest BCUT2D eigenvalue weighted by molar-refractivity contribution is -0.127. The molecule has 2 heterocycles. The fourth-order valence-electron chi connectivity index (χ4n) is 3.23. The van der Waals surface area contributed by atoms with Crippen molar-refractivity contribution in [1.29, 1.82) is 0 Å². The first-order valence-corrected chi connectivity index (χ1v) is 9.52. The molecule has 7 nitrogen and oxygen atoms in total. The fourth-order valence-corrected chi connectivity index (χ4v) is 3.23. The average molecular weight is 372 g/mol. The van der Waals surface area contributed by atoms with Crippen molar-refractivity contribution in [2.75, 3.05) is 26.7 Å². The Morgan fingerprint density at radius 2 is 2.15 bits per heavy atom. The summed E-state index contributed by atoms with van der Waals surface area (Å²) in [6, 6.07) is 7.56. The molecule has 7 heteroatoms. The molecule has 1 aliphatic heterocycles. The third-order valence-corrected chi connectivity index (χ3v) is 4.74. The lowest BCUT2D eigenvalue weighted by Crippen LogP contribution is -2.43. The van der Waals surface area contributed by atoms with Crippen LogP contribution in [0.4, 0.5) is 0 Å². The smallest absolute Gasteiger partial charge is 0.241 e. The van der Waals surface area contributed by atoms with Crippen LogP contribution < -0.4 is 10.1 Å². The van der Waals surface area contributed by atoms with Crippen molar-refractivity contribution in [3.05, 3.63) is 30.2 Å². The first-order chi connectivity index (χ1) is 13.0. The number of ether oxygens (including phenoxy) is 1. The molecule has 0 saturated carbocycles. The summed E-state index contributed by atoms with van der Waals surface area (Å²) in [5, 5.41) is 7.12. The number of amides is 1. The van der Waals surface area contributed by atoms with Gasteiger partial charge in [0.2, 0.25) is 17.6 Å². The summed E-state index contributed by atoms with van der Waals surface area (Å²) in [5.41, 5.74) is 0.885. The van der Waals surface area contributed by atoms with Crippen molar-refractivity contribution in [2.45, 2.75) is 33.2 Å². The van der Waals surface area contributed by atoms with E-state index in [-0.39, 0.29) is 11.8 Å². The van der Waals surface area contributed by atoms with Gasteiger partial charge in [0, 0.05) is 18.7 Å². The maximum absolute atomic E-state index is 12.3. The highest BCUT2D eigenvalue weighted by Crippen LogP contribution is 2.22. The molecule has 0 aliphatic carbocycles. The molecule has 1 N–H and O–H groups in total. The van der Waals surface area contributed by atoms with Crippen molar-refractivity contribution < 1.29 is 14.1 Å². The van der Waals surface area contributed by atoms with Gasteiger partial charge in [-0.1, -0.05) is 19.0 Å². The van der Waals surface area contributed by atoms with E-state index >= 15 is 0 Å². The topological polar surface area (TPSA) is 80.5 Å². The molecule has 1 unspecified atom stereocenters. The zero-order chi connectivity index (χ0) is 19.2. The molecule has 1 aromatic carbocycles. The largest absolute Gasteiger partial charge is 0.497 e.